The van der Waals surface area contributed by atoms with Gasteiger partial charge in [0.2, 0.25) is 0 Å². The van der Waals surface area contributed by atoms with Gasteiger partial charge in [-0.3, -0.25) is 0 Å². The lowest BCUT2D eigenvalue weighted by atomic mass is 9.64. The first-order valence-corrected chi connectivity index (χ1v) is 7.00. The maximum Gasteiger partial charge on any atom is 0.161 e. The van der Waals surface area contributed by atoms with Crippen molar-refractivity contribution in [3.63, 3.8) is 0 Å². The molecule has 1 N–H and O–H groups in total. The van der Waals surface area contributed by atoms with Crippen LogP contribution in [0.2, 0.25) is 0 Å². The van der Waals surface area contributed by atoms with Crippen molar-refractivity contribution in [1.29, 1.82) is 0 Å². The molecule has 2 atom stereocenters. The lowest BCUT2D eigenvalue weighted by Crippen LogP contribution is -2.60. The summed E-state index contributed by atoms with van der Waals surface area (Å²) in [6, 6.07) is 6.51. The summed E-state index contributed by atoms with van der Waals surface area (Å²) < 4.78 is 16.0. The predicted molar refractivity (Wildman–Crippen MR) is 79.4 cm³/mol. The molecule has 1 aliphatic carbocycles. The van der Waals surface area contributed by atoms with Crippen LogP contribution in [0.15, 0.2) is 18.2 Å². The van der Waals surface area contributed by atoms with E-state index in [1.165, 1.54) is 5.56 Å². The summed E-state index contributed by atoms with van der Waals surface area (Å²) in [5.41, 5.74) is 1.38. The predicted octanol–water partition coefficient (Wildman–Crippen LogP) is 2.61. The second-order valence-corrected chi connectivity index (χ2v) is 5.90. The Morgan fingerprint density at radius 2 is 1.85 bits per heavy atom. The fraction of sp³-hybridized carbons (Fsp3) is 0.625. The molecule has 0 amide bonds. The van der Waals surface area contributed by atoms with Gasteiger partial charge in [0.25, 0.3) is 0 Å². The van der Waals surface area contributed by atoms with E-state index in [-0.39, 0.29) is 5.41 Å². The highest BCUT2D eigenvalue weighted by molar-refractivity contribution is 5.42. The number of nitrogens with one attached hydrogen (secondary N) is 1. The van der Waals surface area contributed by atoms with Crippen LogP contribution in [0.1, 0.15) is 25.8 Å². The number of methoxy groups -OCH3 is 3. The standard InChI is InChI=1S/C16H25NO3/c1-16(2)14(9-15(16)20-5)17-10-11-6-7-12(18-3)13(8-11)19-4/h6-8,14-15,17H,9-10H2,1-5H3. The first-order valence-electron chi connectivity index (χ1n) is 7.00. The van der Waals surface area contributed by atoms with Gasteiger partial charge >= 0.3 is 0 Å². The van der Waals surface area contributed by atoms with Gasteiger partial charge in [0.05, 0.1) is 20.3 Å². The van der Waals surface area contributed by atoms with Crippen LogP contribution in [0, 0.1) is 5.41 Å². The molecule has 1 fully saturated rings. The Hall–Kier alpha value is -1.26. The molecule has 1 aliphatic rings. The van der Waals surface area contributed by atoms with Crippen molar-refractivity contribution < 1.29 is 14.2 Å². The van der Waals surface area contributed by atoms with Gasteiger partial charge in [0, 0.05) is 25.1 Å². The summed E-state index contributed by atoms with van der Waals surface area (Å²) in [6.07, 6.45) is 1.42. The van der Waals surface area contributed by atoms with Crippen molar-refractivity contribution in [2.75, 3.05) is 21.3 Å². The van der Waals surface area contributed by atoms with E-state index in [4.69, 9.17) is 14.2 Å². The van der Waals surface area contributed by atoms with Crippen LogP contribution in [0.3, 0.4) is 0 Å². The van der Waals surface area contributed by atoms with Crippen LogP contribution in [0.4, 0.5) is 0 Å². The average molecular weight is 279 g/mol. The third-order valence-corrected chi connectivity index (χ3v) is 4.46. The zero-order valence-corrected chi connectivity index (χ0v) is 13.0. The molecule has 0 saturated heterocycles. The van der Waals surface area contributed by atoms with Crippen LogP contribution in [-0.4, -0.2) is 33.5 Å². The minimum Gasteiger partial charge on any atom is -0.493 e. The molecule has 112 valence electrons. The molecule has 0 spiro atoms. The first kappa shape index (κ1) is 15.1. The van der Waals surface area contributed by atoms with Crippen molar-refractivity contribution in [2.45, 2.75) is 39.0 Å². The Balaban J connectivity index is 1.95. The van der Waals surface area contributed by atoms with Crippen LogP contribution in [0.25, 0.3) is 0 Å². The average Bonchev–Trinajstić information content (AvgIpc) is 2.46. The smallest absolute Gasteiger partial charge is 0.161 e. The molecule has 1 aromatic carbocycles. The van der Waals surface area contributed by atoms with E-state index in [1.807, 2.05) is 12.1 Å². The number of benzene rings is 1. The number of ether oxygens (including phenoxy) is 3. The molecule has 4 heteroatoms. The van der Waals surface area contributed by atoms with Crippen molar-refractivity contribution in [2.24, 2.45) is 5.41 Å². The van der Waals surface area contributed by atoms with E-state index in [0.29, 0.717) is 12.1 Å². The maximum absolute atomic E-state index is 5.47. The third kappa shape index (κ3) is 2.76. The summed E-state index contributed by atoms with van der Waals surface area (Å²) in [6.45, 7) is 5.32. The van der Waals surface area contributed by atoms with Crippen LogP contribution >= 0.6 is 0 Å². The molecule has 1 aromatic rings. The quantitative estimate of drug-likeness (QED) is 0.869. The van der Waals surface area contributed by atoms with Crippen LogP contribution < -0.4 is 14.8 Å². The van der Waals surface area contributed by atoms with Gasteiger partial charge < -0.3 is 19.5 Å². The highest BCUT2D eigenvalue weighted by Crippen LogP contribution is 2.42. The number of hydrogen-bond acceptors (Lipinski definition) is 4. The van der Waals surface area contributed by atoms with E-state index in [2.05, 4.69) is 25.2 Å². The third-order valence-electron chi connectivity index (χ3n) is 4.46. The SMILES string of the molecule is COc1ccc(CNC2CC(OC)C2(C)C)cc1OC. The molecular formula is C16H25NO3. The topological polar surface area (TPSA) is 39.7 Å². The zero-order chi connectivity index (χ0) is 14.8. The van der Waals surface area contributed by atoms with E-state index in [9.17, 15) is 0 Å². The first-order chi connectivity index (χ1) is 9.52. The van der Waals surface area contributed by atoms with Gasteiger partial charge in [-0.25, -0.2) is 0 Å². The molecule has 0 radical (unpaired) electrons. The van der Waals surface area contributed by atoms with Gasteiger partial charge in [0.15, 0.2) is 11.5 Å². The van der Waals surface area contributed by atoms with Gasteiger partial charge in [-0.05, 0) is 24.1 Å². The van der Waals surface area contributed by atoms with Crippen LogP contribution in [0.5, 0.6) is 11.5 Å². The van der Waals surface area contributed by atoms with E-state index in [1.54, 1.807) is 21.3 Å². The minimum atomic E-state index is 0.186. The summed E-state index contributed by atoms with van der Waals surface area (Å²) in [4.78, 5) is 0. The van der Waals surface area contributed by atoms with Crippen molar-refractivity contribution in [1.82, 2.24) is 5.32 Å². The van der Waals surface area contributed by atoms with Crippen molar-refractivity contribution in [3.8, 4) is 11.5 Å². The molecule has 0 bridgehead atoms. The Morgan fingerprint density at radius 3 is 2.40 bits per heavy atom. The Kier molecular flexibility index (Phi) is 4.55. The van der Waals surface area contributed by atoms with Crippen LogP contribution in [-0.2, 0) is 11.3 Å². The minimum absolute atomic E-state index is 0.186. The lowest BCUT2D eigenvalue weighted by Gasteiger charge is -2.51. The van der Waals surface area contributed by atoms with Gasteiger partial charge in [0.1, 0.15) is 0 Å². The Morgan fingerprint density at radius 1 is 1.15 bits per heavy atom. The maximum atomic E-state index is 5.47. The summed E-state index contributed by atoms with van der Waals surface area (Å²) >= 11 is 0. The molecule has 4 nitrogen and oxygen atoms in total. The lowest BCUT2D eigenvalue weighted by molar-refractivity contribution is -0.0979. The number of hydrogen-bond donors (Lipinski definition) is 1. The summed E-state index contributed by atoms with van der Waals surface area (Å²) in [7, 11) is 5.10. The Labute approximate surface area is 121 Å². The molecule has 0 aliphatic heterocycles. The largest absolute Gasteiger partial charge is 0.493 e. The molecule has 1 saturated carbocycles. The fourth-order valence-corrected chi connectivity index (χ4v) is 2.86. The highest BCUT2D eigenvalue weighted by atomic mass is 16.5. The monoisotopic (exact) mass is 279 g/mol. The van der Waals surface area contributed by atoms with Gasteiger partial charge in [-0.2, -0.15) is 0 Å². The molecule has 0 heterocycles. The normalized spacial score (nSPS) is 24.1. The van der Waals surface area contributed by atoms with E-state index >= 15 is 0 Å². The highest BCUT2D eigenvalue weighted by Gasteiger charge is 2.48. The zero-order valence-electron chi connectivity index (χ0n) is 13.0. The van der Waals surface area contributed by atoms with Crippen molar-refractivity contribution in [3.05, 3.63) is 23.8 Å². The second kappa shape index (κ2) is 6.02. The summed E-state index contributed by atoms with van der Waals surface area (Å²) in [5, 5.41) is 3.60. The molecule has 2 rings (SSSR count). The fourth-order valence-electron chi connectivity index (χ4n) is 2.86. The van der Waals surface area contributed by atoms with E-state index in [0.717, 1.165) is 24.5 Å². The number of rotatable bonds is 6. The van der Waals surface area contributed by atoms with Crippen molar-refractivity contribution >= 4 is 0 Å². The van der Waals surface area contributed by atoms with Gasteiger partial charge in [-0.15, -0.1) is 0 Å². The second-order valence-electron chi connectivity index (χ2n) is 5.90. The molecule has 0 aromatic heterocycles. The molecular weight excluding hydrogens is 254 g/mol. The molecule has 20 heavy (non-hydrogen) atoms. The Bertz CT molecular complexity index is 459. The van der Waals surface area contributed by atoms with E-state index < -0.39 is 0 Å². The molecule has 2 unspecified atom stereocenters. The van der Waals surface area contributed by atoms with Gasteiger partial charge in [-0.1, -0.05) is 19.9 Å². The summed E-state index contributed by atoms with van der Waals surface area (Å²) in [5.74, 6) is 1.54.